The standard InChI is InChI=1S/C25H28N2O3S/c1-29-22-13-12-20(14-23(22)30-2)21-16-31-25(27-21)19-10-8-17(9-11-19)15-26-24(28)18-6-4-3-5-7-18/h8-14,16,18H,3-7,15H2,1-2H3,(H,26,28). The van der Waals surface area contributed by atoms with Crippen LogP contribution in [-0.4, -0.2) is 25.1 Å². The van der Waals surface area contributed by atoms with E-state index in [1.54, 1.807) is 25.6 Å². The Morgan fingerprint density at radius 2 is 1.71 bits per heavy atom. The Bertz CT molecular complexity index is 1020. The number of methoxy groups -OCH3 is 2. The second-order valence-electron chi connectivity index (χ2n) is 7.86. The molecule has 1 saturated carbocycles. The summed E-state index contributed by atoms with van der Waals surface area (Å²) in [5.74, 6) is 1.78. The van der Waals surface area contributed by atoms with E-state index in [1.165, 1.54) is 19.3 Å². The molecule has 1 amide bonds. The minimum atomic E-state index is 0.193. The number of carbonyl (C=O) groups is 1. The summed E-state index contributed by atoms with van der Waals surface area (Å²) in [6.45, 7) is 0.574. The van der Waals surface area contributed by atoms with Crippen molar-refractivity contribution in [3.63, 3.8) is 0 Å². The first-order valence-electron chi connectivity index (χ1n) is 10.7. The van der Waals surface area contributed by atoms with Crippen molar-refractivity contribution in [3.05, 3.63) is 53.4 Å². The lowest BCUT2D eigenvalue weighted by Crippen LogP contribution is -2.31. The van der Waals surface area contributed by atoms with E-state index in [0.29, 0.717) is 18.0 Å². The number of hydrogen-bond acceptors (Lipinski definition) is 5. The molecule has 162 valence electrons. The number of rotatable bonds is 7. The Morgan fingerprint density at radius 3 is 2.42 bits per heavy atom. The van der Waals surface area contributed by atoms with Gasteiger partial charge in [-0.05, 0) is 36.6 Å². The lowest BCUT2D eigenvalue weighted by Gasteiger charge is -2.20. The largest absolute Gasteiger partial charge is 0.493 e. The van der Waals surface area contributed by atoms with Gasteiger partial charge in [0.05, 0.1) is 19.9 Å². The average Bonchev–Trinajstić information content (AvgIpc) is 3.33. The summed E-state index contributed by atoms with van der Waals surface area (Å²) in [5.41, 5.74) is 4.07. The van der Waals surface area contributed by atoms with Crippen molar-refractivity contribution in [1.29, 1.82) is 0 Å². The van der Waals surface area contributed by atoms with Crippen molar-refractivity contribution >= 4 is 17.2 Å². The van der Waals surface area contributed by atoms with Gasteiger partial charge in [-0.1, -0.05) is 43.5 Å². The van der Waals surface area contributed by atoms with Gasteiger partial charge < -0.3 is 14.8 Å². The lowest BCUT2D eigenvalue weighted by atomic mass is 9.88. The van der Waals surface area contributed by atoms with Crippen molar-refractivity contribution in [1.82, 2.24) is 10.3 Å². The van der Waals surface area contributed by atoms with E-state index in [9.17, 15) is 4.79 Å². The van der Waals surface area contributed by atoms with Gasteiger partial charge in [0, 0.05) is 29.0 Å². The molecule has 0 aliphatic heterocycles. The van der Waals surface area contributed by atoms with Crippen LogP contribution < -0.4 is 14.8 Å². The third-order valence-electron chi connectivity index (χ3n) is 5.83. The van der Waals surface area contributed by atoms with E-state index in [4.69, 9.17) is 14.5 Å². The first kappa shape index (κ1) is 21.4. The molecule has 1 aliphatic rings. The summed E-state index contributed by atoms with van der Waals surface area (Å²) in [5, 5.41) is 6.11. The molecule has 1 heterocycles. The van der Waals surface area contributed by atoms with Gasteiger partial charge in [-0.2, -0.15) is 0 Å². The number of carbonyl (C=O) groups excluding carboxylic acids is 1. The van der Waals surface area contributed by atoms with Crippen molar-refractivity contribution in [2.24, 2.45) is 5.92 Å². The maximum atomic E-state index is 12.3. The van der Waals surface area contributed by atoms with Gasteiger partial charge in [-0.25, -0.2) is 4.98 Å². The molecule has 1 fully saturated rings. The Balaban J connectivity index is 1.40. The Labute approximate surface area is 187 Å². The number of nitrogens with one attached hydrogen (secondary N) is 1. The molecule has 0 spiro atoms. The molecular weight excluding hydrogens is 408 g/mol. The molecule has 0 atom stereocenters. The third-order valence-corrected chi connectivity index (χ3v) is 6.72. The van der Waals surface area contributed by atoms with Gasteiger partial charge in [0.25, 0.3) is 0 Å². The van der Waals surface area contributed by atoms with Crippen LogP contribution in [0.4, 0.5) is 0 Å². The van der Waals surface area contributed by atoms with E-state index < -0.39 is 0 Å². The second-order valence-corrected chi connectivity index (χ2v) is 8.72. The van der Waals surface area contributed by atoms with Crippen molar-refractivity contribution in [2.75, 3.05) is 14.2 Å². The highest BCUT2D eigenvalue weighted by Crippen LogP contribution is 2.34. The average molecular weight is 437 g/mol. The molecule has 3 aromatic rings. The number of aromatic nitrogens is 1. The summed E-state index contributed by atoms with van der Waals surface area (Å²) in [4.78, 5) is 17.1. The first-order chi connectivity index (χ1) is 15.2. The molecule has 0 saturated heterocycles. The van der Waals surface area contributed by atoms with Crippen LogP contribution in [-0.2, 0) is 11.3 Å². The fraction of sp³-hybridized carbons (Fsp3) is 0.360. The second kappa shape index (κ2) is 9.96. The van der Waals surface area contributed by atoms with E-state index in [0.717, 1.165) is 40.2 Å². The summed E-state index contributed by atoms with van der Waals surface area (Å²) in [7, 11) is 3.26. The van der Waals surface area contributed by atoms with E-state index >= 15 is 0 Å². The topological polar surface area (TPSA) is 60.5 Å². The van der Waals surface area contributed by atoms with Gasteiger partial charge >= 0.3 is 0 Å². The van der Waals surface area contributed by atoms with Crippen LogP contribution in [0.1, 0.15) is 37.7 Å². The third kappa shape index (κ3) is 5.07. The van der Waals surface area contributed by atoms with Crippen LogP contribution >= 0.6 is 11.3 Å². The highest BCUT2D eigenvalue weighted by Gasteiger charge is 2.20. The lowest BCUT2D eigenvalue weighted by molar-refractivity contribution is -0.126. The van der Waals surface area contributed by atoms with Crippen LogP contribution in [0, 0.1) is 5.92 Å². The Hall–Kier alpha value is -2.86. The predicted molar refractivity (Wildman–Crippen MR) is 125 cm³/mol. The molecular formula is C25H28N2O3S. The zero-order valence-electron chi connectivity index (χ0n) is 18.0. The van der Waals surface area contributed by atoms with Gasteiger partial charge in [0.15, 0.2) is 11.5 Å². The summed E-state index contributed by atoms with van der Waals surface area (Å²) in [6.07, 6.45) is 5.65. The molecule has 0 bridgehead atoms. The molecule has 4 rings (SSSR count). The van der Waals surface area contributed by atoms with Crippen LogP contribution in [0.3, 0.4) is 0 Å². The minimum Gasteiger partial charge on any atom is -0.493 e. The molecule has 2 aromatic carbocycles. The zero-order chi connectivity index (χ0) is 21.6. The maximum Gasteiger partial charge on any atom is 0.223 e. The minimum absolute atomic E-state index is 0.193. The van der Waals surface area contributed by atoms with Crippen molar-refractivity contribution in [3.8, 4) is 33.3 Å². The monoisotopic (exact) mass is 436 g/mol. The van der Waals surface area contributed by atoms with Gasteiger partial charge in [0.2, 0.25) is 5.91 Å². The van der Waals surface area contributed by atoms with Gasteiger partial charge in [0.1, 0.15) is 5.01 Å². The van der Waals surface area contributed by atoms with E-state index in [2.05, 4.69) is 35.0 Å². The molecule has 0 radical (unpaired) electrons. The highest BCUT2D eigenvalue weighted by molar-refractivity contribution is 7.13. The number of amides is 1. The van der Waals surface area contributed by atoms with Crippen LogP contribution in [0.15, 0.2) is 47.8 Å². The molecule has 0 unspecified atom stereocenters. The van der Waals surface area contributed by atoms with Crippen LogP contribution in [0.25, 0.3) is 21.8 Å². The molecule has 31 heavy (non-hydrogen) atoms. The molecule has 6 heteroatoms. The van der Waals surface area contributed by atoms with Crippen molar-refractivity contribution in [2.45, 2.75) is 38.6 Å². The molecule has 1 aromatic heterocycles. The number of nitrogens with zero attached hydrogens (tertiary/aromatic N) is 1. The fourth-order valence-electron chi connectivity index (χ4n) is 4.00. The number of ether oxygens (including phenoxy) is 2. The molecule has 1 aliphatic carbocycles. The summed E-state index contributed by atoms with van der Waals surface area (Å²) in [6, 6.07) is 14.1. The Morgan fingerprint density at radius 1 is 1.00 bits per heavy atom. The number of benzene rings is 2. The van der Waals surface area contributed by atoms with Crippen LogP contribution in [0.5, 0.6) is 11.5 Å². The SMILES string of the molecule is COc1ccc(-c2csc(-c3ccc(CNC(=O)C4CCCCC4)cc3)n2)cc1OC. The predicted octanol–water partition coefficient (Wildman–Crippen LogP) is 5.69. The fourth-order valence-corrected chi connectivity index (χ4v) is 4.83. The smallest absolute Gasteiger partial charge is 0.223 e. The molecule has 5 nitrogen and oxygen atoms in total. The summed E-state index contributed by atoms with van der Waals surface area (Å²) >= 11 is 1.61. The number of thiazole rings is 1. The maximum absolute atomic E-state index is 12.3. The highest BCUT2D eigenvalue weighted by atomic mass is 32.1. The first-order valence-corrected chi connectivity index (χ1v) is 11.6. The Kier molecular flexibility index (Phi) is 6.87. The number of hydrogen-bond donors (Lipinski definition) is 1. The quantitative estimate of drug-likeness (QED) is 0.517. The van der Waals surface area contributed by atoms with Gasteiger partial charge in [-0.15, -0.1) is 11.3 Å². The van der Waals surface area contributed by atoms with Crippen LogP contribution in [0.2, 0.25) is 0 Å². The molecule has 1 N–H and O–H groups in total. The van der Waals surface area contributed by atoms with Crippen molar-refractivity contribution < 1.29 is 14.3 Å². The normalized spacial score (nSPS) is 14.3. The summed E-state index contributed by atoms with van der Waals surface area (Å²) < 4.78 is 10.7. The zero-order valence-corrected chi connectivity index (χ0v) is 18.8. The van der Waals surface area contributed by atoms with Gasteiger partial charge in [-0.3, -0.25) is 4.79 Å². The van der Waals surface area contributed by atoms with E-state index in [-0.39, 0.29) is 11.8 Å². The van der Waals surface area contributed by atoms with E-state index in [1.807, 2.05) is 18.2 Å².